The number of hydrogen-bond acceptors (Lipinski definition) is 5. The Labute approximate surface area is 186 Å². The molecule has 1 aliphatic heterocycles. The number of nitrogens with one attached hydrogen (secondary N) is 1. The third-order valence-corrected chi connectivity index (χ3v) is 5.87. The van der Waals surface area contributed by atoms with Gasteiger partial charge in [-0.05, 0) is 24.1 Å². The normalized spacial score (nSPS) is 21.5. The van der Waals surface area contributed by atoms with E-state index in [1.54, 1.807) is 12.1 Å². The molecule has 2 amide bonds. The third-order valence-electron chi connectivity index (χ3n) is 5.87. The fourth-order valence-corrected chi connectivity index (χ4v) is 3.90. The molecule has 9 nitrogen and oxygen atoms in total. The van der Waals surface area contributed by atoms with Gasteiger partial charge in [0.2, 0.25) is 5.82 Å². The lowest BCUT2D eigenvalue weighted by Crippen LogP contribution is -2.47. The van der Waals surface area contributed by atoms with Crippen molar-refractivity contribution in [2.24, 2.45) is 0 Å². The van der Waals surface area contributed by atoms with Gasteiger partial charge in [-0.15, -0.1) is 5.10 Å². The number of fused-ring (bicyclic) bond motifs is 1. The van der Waals surface area contributed by atoms with Gasteiger partial charge in [-0.1, -0.05) is 12.1 Å². The predicted octanol–water partition coefficient (Wildman–Crippen LogP) is 1.95. The minimum Gasteiger partial charge on any atom is -0.337 e. The van der Waals surface area contributed by atoms with Crippen LogP contribution in [0.3, 0.4) is 0 Å². The van der Waals surface area contributed by atoms with Crippen LogP contribution in [0, 0.1) is 5.82 Å². The number of alkyl halides is 2. The Bertz CT molecular complexity index is 1220. The molecule has 3 aromatic rings. The molecular formula is C21H20F3N7O2. The van der Waals surface area contributed by atoms with Gasteiger partial charge in [0, 0.05) is 26.1 Å². The molecule has 0 radical (unpaired) electrons. The highest BCUT2D eigenvalue weighted by Crippen LogP contribution is 2.55. The maximum atomic E-state index is 13.4. The first-order valence-electron chi connectivity index (χ1n) is 10.4. The highest BCUT2D eigenvalue weighted by molar-refractivity contribution is 6.00. The van der Waals surface area contributed by atoms with Gasteiger partial charge in [-0.25, -0.2) is 27.5 Å². The fourth-order valence-electron chi connectivity index (χ4n) is 3.90. The molecule has 172 valence electrons. The number of benzene rings is 1. The fraction of sp³-hybridized carbons (Fsp3) is 0.381. The standard InChI is InChI=1S/C21H20F3N7O2/c1-29-17-8-16(14-9-21(14,23)24)27-31(17)7-6-15(20(29)33)26-19(32)18-25-11-30(28-18)10-12-2-4-13(22)5-3-12/h2-5,8,11,14-15H,6-7,9-10H2,1H3,(H,26,32)/t14-,15?/m1/s1. The largest absolute Gasteiger partial charge is 0.337 e. The van der Waals surface area contributed by atoms with Crippen molar-refractivity contribution in [3.8, 4) is 0 Å². The Morgan fingerprint density at radius 2 is 1.97 bits per heavy atom. The highest BCUT2D eigenvalue weighted by Gasteiger charge is 2.59. The summed E-state index contributed by atoms with van der Waals surface area (Å²) in [6.45, 7) is 0.580. The number of aryl methyl sites for hydroxylation is 1. The molecule has 1 fully saturated rings. The second kappa shape index (κ2) is 7.71. The van der Waals surface area contributed by atoms with Crippen molar-refractivity contribution in [1.29, 1.82) is 0 Å². The number of halogens is 3. The lowest BCUT2D eigenvalue weighted by atomic mass is 10.2. The first-order chi connectivity index (χ1) is 15.7. The zero-order chi connectivity index (χ0) is 23.3. The summed E-state index contributed by atoms with van der Waals surface area (Å²) in [5, 5.41) is 11.0. The van der Waals surface area contributed by atoms with Crippen LogP contribution in [0.25, 0.3) is 0 Å². The molecule has 2 aliphatic rings. The summed E-state index contributed by atoms with van der Waals surface area (Å²) in [6, 6.07) is 6.54. The van der Waals surface area contributed by atoms with Gasteiger partial charge in [0.15, 0.2) is 0 Å². The number of carbonyl (C=O) groups is 2. The van der Waals surface area contributed by atoms with E-state index in [1.165, 1.54) is 45.8 Å². The average Bonchev–Trinajstić information content (AvgIpc) is 3.12. The van der Waals surface area contributed by atoms with E-state index < -0.39 is 23.8 Å². The van der Waals surface area contributed by atoms with E-state index in [0.717, 1.165) is 5.56 Å². The van der Waals surface area contributed by atoms with Crippen LogP contribution in [0.5, 0.6) is 0 Å². The highest BCUT2D eigenvalue weighted by atomic mass is 19.3. The molecule has 0 bridgehead atoms. The zero-order valence-corrected chi connectivity index (χ0v) is 17.6. The van der Waals surface area contributed by atoms with Crippen molar-refractivity contribution >= 4 is 17.6 Å². The van der Waals surface area contributed by atoms with Crippen molar-refractivity contribution in [2.45, 2.75) is 43.8 Å². The second-order valence-corrected chi connectivity index (χ2v) is 8.27. The van der Waals surface area contributed by atoms with E-state index in [1.807, 2.05) is 0 Å². The van der Waals surface area contributed by atoms with Gasteiger partial charge < -0.3 is 5.32 Å². The number of hydrogen-bond donors (Lipinski definition) is 1. The van der Waals surface area contributed by atoms with Crippen LogP contribution in [-0.2, 0) is 17.9 Å². The summed E-state index contributed by atoms with van der Waals surface area (Å²) in [5.74, 6) is -4.69. The summed E-state index contributed by atoms with van der Waals surface area (Å²) in [4.78, 5) is 30.9. The average molecular weight is 459 g/mol. The number of anilines is 1. The first kappa shape index (κ1) is 21.2. The predicted molar refractivity (Wildman–Crippen MR) is 109 cm³/mol. The summed E-state index contributed by atoms with van der Waals surface area (Å²) >= 11 is 0. The number of carbonyl (C=O) groups excluding carboxylic acids is 2. The lowest BCUT2D eigenvalue weighted by molar-refractivity contribution is -0.120. The van der Waals surface area contributed by atoms with Crippen molar-refractivity contribution < 1.29 is 22.8 Å². The van der Waals surface area contributed by atoms with Crippen molar-refractivity contribution in [3.05, 3.63) is 59.6 Å². The van der Waals surface area contributed by atoms with Gasteiger partial charge in [0.25, 0.3) is 17.7 Å². The maximum absolute atomic E-state index is 13.4. The van der Waals surface area contributed by atoms with E-state index in [0.29, 0.717) is 12.4 Å². The summed E-state index contributed by atoms with van der Waals surface area (Å²) < 4.78 is 42.8. The van der Waals surface area contributed by atoms with Crippen LogP contribution < -0.4 is 10.2 Å². The van der Waals surface area contributed by atoms with E-state index in [9.17, 15) is 22.8 Å². The van der Waals surface area contributed by atoms with Gasteiger partial charge in [0.1, 0.15) is 24.0 Å². The zero-order valence-electron chi connectivity index (χ0n) is 17.6. The molecule has 12 heteroatoms. The summed E-state index contributed by atoms with van der Waals surface area (Å²) in [7, 11) is 1.52. The van der Waals surface area contributed by atoms with Gasteiger partial charge >= 0.3 is 0 Å². The Balaban J connectivity index is 1.24. The van der Waals surface area contributed by atoms with Crippen LogP contribution >= 0.6 is 0 Å². The molecule has 5 rings (SSSR count). The summed E-state index contributed by atoms with van der Waals surface area (Å²) in [5.41, 5.74) is 1.06. The van der Waals surface area contributed by atoms with Gasteiger partial charge in [0.05, 0.1) is 18.2 Å². The summed E-state index contributed by atoms with van der Waals surface area (Å²) in [6.07, 6.45) is 1.38. The Morgan fingerprint density at radius 1 is 1.24 bits per heavy atom. The van der Waals surface area contributed by atoms with Gasteiger partial charge in [-0.2, -0.15) is 5.10 Å². The van der Waals surface area contributed by atoms with Crippen LogP contribution in [0.2, 0.25) is 0 Å². The minimum atomic E-state index is -2.74. The lowest BCUT2D eigenvalue weighted by Gasteiger charge is -2.19. The Morgan fingerprint density at radius 3 is 2.67 bits per heavy atom. The molecule has 2 atom stereocenters. The van der Waals surface area contributed by atoms with E-state index in [4.69, 9.17) is 0 Å². The first-order valence-corrected chi connectivity index (χ1v) is 10.4. The van der Waals surface area contributed by atoms with E-state index >= 15 is 0 Å². The molecule has 1 saturated carbocycles. The molecular weight excluding hydrogens is 439 g/mol. The molecule has 3 heterocycles. The molecule has 1 N–H and O–H groups in total. The number of nitrogens with zero attached hydrogens (tertiary/aromatic N) is 6. The van der Waals surface area contributed by atoms with Crippen LogP contribution in [0.15, 0.2) is 36.7 Å². The SMILES string of the molecule is CN1C(=O)C(NC(=O)c2ncn(Cc3ccc(F)cc3)n2)CCn2nc([C@H]3CC3(F)F)cc21. The second-order valence-electron chi connectivity index (χ2n) is 8.27. The monoisotopic (exact) mass is 459 g/mol. The maximum Gasteiger partial charge on any atom is 0.291 e. The van der Waals surface area contributed by atoms with Crippen LogP contribution in [-0.4, -0.2) is 55.4 Å². The Hall–Kier alpha value is -3.70. The number of likely N-dealkylation sites (N-methyl/N-ethyl adjacent to an activating group) is 1. The molecule has 1 aliphatic carbocycles. The van der Waals surface area contributed by atoms with Gasteiger partial charge in [-0.3, -0.25) is 14.5 Å². The Kier molecular flexibility index (Phi) is 4.94. The number of amides is 2. The number of rotatable bonds is 5. The topological polar surface area (TPSA) is 97.9 Å². The molecule has 1 unspecified atom stereocenters. The van der Waals surface area contributed by atoms with Crippen molar-refractivity contribution in [3.63, 3.8) is 0 Å². The van der Waals surface area contributed by atoms with Crippen molar-refractivity contribution in [2.75, 3.05) is 11.9 Å². The third kappa shape index (κ3) is 4.08. The molecule has 33 heavy (non-hydrogen) atoms. The molecule has 0 saturated heterocycles. The molecule has 0 spiro atoms. The minimum absolute atomic E-state index is 0.104. The van der Waals surface area contributed by atoms with E-state index in [-0.39, 0.29) is 42.6 Å². The number of aromatic nitrogens is 5. The van der Waals surface area contributed by atoms with E-state index in [2.05, 4.69) is 20.5 Å². The smallest absolute Gasteiger partial charge is 0.291 e. The quantitative estimate of drug-likeness (QED) is 0.629. The van der Waals surface area contributed by atoms with Crippen molar-refractivity contribution in [1.82, 2.24) is 29.9 Å². The van der Waals surface area contributed by atoms with Crippen LogP contribution in [0.1, 0.15) is 40.6 Å². The molecule has 1 aromatic carbocycles. The molecule has 2 aromatic heterocycles. The van der Waals surface area contributed by atoms with Crippen LogP contribution in [0.4, 0.5) is 19.0 Å².